The highest BCUT2D eigenvalue weighted by atomic mass is 16.6. The van der Waals surface area contributed by atoms with Crippen LogP contribution in [0.5, 0.6) is 0 Å². The molecule has 106 valence electrons. The van der Waals surface area contributed by atoms with Crippen LogP contribution in [0.15, 0.2) is 18.2 Å². The van der Waals surface area contributed by atoms with Gasteiger partial charge in [-0.2, -0.15) is 0 Å². The number of nitrogens with zero attached hydrogens (tertiary/aromatic N) is 2. The summed E-state index contributed by atoms with van der Waals surface area (Å²) in [5, 5.41) is 14.2. The van der Waals surface area contributed by atoms with Crippen molar-refractivity contribution in [2.45, 2.75) is 26.3 Å². The number of rotatable bonds is 8. The summed E-state index contributed by atoms with van der Waals surface area (Å²) in [4.78, 5) is 12.7. The number of benzene rings is 1. The molecule has 0 radical (unpaired) electrons. The van der Waals surface area contributed by atoms with Crippen LogP contribution in [0.4, 0.5) is 5.69 Å². The first-order valence-electron chi connectivity index (χ1n) is 6.60. The fraction of sp³-hybridized carbons (Fsp3) is 0.571. The van der Waals surface area contributed by atoms with Crippen molar-refractivity contribution in [2.24, 2.45) is 0 Å². The third-order valence-corrected chi connectivity index (χ3v) is 3.14. The molecule has 0 fully saturated rings. The molecule has 5 nitrogen and oxygen atoms in total. The van der Waals surface area contributed by atoms with Crippen LogP contribution in [-0.2, 0) is 6.54 Å². The van der Waals surface area contributed by atoms with Crippen LogP contribution in [-0.4, -0.2) is 37.0 Å². The second-order valence-corrected chi connectivity index (χ2v) is 5.01. The Hall–Kier alpha value is -1.46. The van der Waals surface area contributed by atoms with E-state index in [0.29, 0.717) is 6.54 Å². The minimum absolute atomic E-state index is 0.201. The van der Waals surface area contributed by atoms with Crippen molar-refractivity contribution in [2.75, 3.05) is 27.2 Å². The van der Waals surface area contributed by atoms with Gasteiger partial charge in [0.25, 0.3) is 5.69 Å². The van der Waals surface area contributed by atoms with Crippen LogP contribution < -0.4 is 5.32 Å². The molecule has 0 aliphatic rings. The van der Waals surface area contributed by atoms with E-state index in [2.05, 4.69) is 24.3 Å². The van der Waals surface area contributed by atoms with Crippen LogP contribution >= 0.6 is 0 Å². The topological polar surface area (TPSA) is 58.4 Å². The Morgan fingerprint density at radius 1 is 1.32 bits per heavy atom. The molecule has 0 aliphatic heterocycles. The Balaban J connectivity index is 2.37. The summed E-state index contributed by atoms with van der Waals surface area (Å²) in [6.45, 7) is 4.53. The lowest BCUT2D eigenvalue weighted by Crippen LogP contribution is -2.18. The van der Waals surface area contributed by atoms with Gasteiger partial charge in [-0.25, -0.2) is 0 Å². The summed E-state index contributed by atoms with van der Waals surface area (Å²) in [5.74, 6) is 0. The van der Waals surface area contributed by atoms with Crippen LogP contribution in [0.2, 0.25) is 0 Å². The zero-order valence-electron chi connectivity index (χ0n) is 12.0. The molecular formula is C14H23N3O2. The number of nitro groups is 1. The Morgan fingerprint density at radius 2 is 2.05 bits per heavy atom. The number of nitrogens with one attached hydrogen (secondary N) is 1. The number of unbranched alkanes of at least 4 members (excludes halogenated alkanes) is 1. The standard InChI is InChI=1S/C14H23N3O2/c1-12-13(7-6-8-14(12)17(18)19)11-15-9-4-5-10-16(2)3/h6-8,15H,4-5,9-11H2,1-3H3. The van der Waals surface area contributed by atoms with Crippen LogP contribution in [0.1, 0.15) is 24.0 Å². The quantitative estimate of drug-likeness (QED) is 0.445. The van der Waals surface area contributed by atoms with Gasteiger partial charge in [0.2, 0.25) is 0 Å². The highest BCUT2D eigenvalue weighted by Gasteiger charge is 2.12. The van der Waals surface area contributed by atoms with Crippen molar-refractivity contribution in [3.05, 3.63) is 39.4 Å². The van der Waals surface area contributed by atoms with E-state index in [4.69, 9.17) is 0 Å². The Morgan fingerprint density at radius 3 is 2.68 bits per heavy atom. The van der Waals surface area contributed by atoms with Gasteiger partial charge in [0, 0.05) is 18.2 Å². The first-order chi connectivity index (χ1) is 9.02. The monoisotopic (exact) mass is 265 g/mol. The first-order valence-corrected chi connectivity index (χ1v) is 6.60. The maximum atomic E-state index is 10.8. The second kappa shape index (κ2) is 7.86. The summed E-state index contributed by atoms with van der Waals surface area (Å²) in [7, 11) is 4.14. The van der Waals surface area contributed by atoms with E-state index in [1.807, 2.05) is 6.07 Å². The van der Waals surface area contributed by atoms with Crippen molar-refractivity contribution in [1.29, 1.82) is 0 Å². The maximum absolute atomic E-state index is 10.8. The summed E-state index contributed by atoms with van der Waals surface area (Å²) in [6.07, 6.45) is 2.28. The molecule has 0 saturated heterocycles. The second-order valence-electron chi connectivity index (χ2n) is 5.01. The van der Waals surface area contributed by atoms with Gasteiger partial charge in [0.15, 0.2) is 0 Å². The molecular weight excluding hydrogens is 242 g/mol. The number of hydrogen-bond acceptors (Lipinski definition) is 4. The zero-order valence-corrected chi connectivity index (χ0v) is 12.0. The maximum Gasteiger partial charge on any atom is 0.272 e. The minimum atomic E-state index is -0.323. The van der Waals surface area contributed by atoms with Gasteiger partial charge in [-0.05, 0) is 52.5 Å². The molecule has 0 heterocycles. The van der Waals surface area contributed by atoms with E-state index in [0.717, 1.165) is 37.1 Å². The largest absolute Gasteiger partial charge is 0.313 e. The Labute approximate surface area is 114 Å². The van der Waals surface area contributed by atoms with E-state index in [9.17, 15) is 10.1 Å². The summed E-state index contributed by atoms with van der Waals surface area (Å²) in [5.41, 5.74) is 1.96. The zero-order chi connectivity index (χ0) is 14.3. The minimum Gasteiger partial charge on any atom is -0.313 e. The number of hydrogen-bond donors (Lipinski definition) is 1. The van der Waals surface area contributed by atoms with E-state index in [1.165, 1.54) is 0 Å². The number of nitro benzene ring substituents is 1. The van der Waals surface area contributed by atoms with Crippen LogP contribution in [0.25, 0.3) is 0 Å². The lowest BCUT2D eigenvalue weighted by atomic mass is 10.1. The Kier molecular flexibility index (Phi) is 6.45. The molecule has 1 N–H and O–H groups in total. The third-order valence-electron chi connectivity index (χ3n) is 3.14. The Bertz CT molecular complexity index is 419. The van der Waals surface area contributed by atoms with Gasteiger partial charge in [-0.1, -0.05) is 12.1 Å². The van der Waals surface area contributed by atoms with Crippen LogP contribution in [0.3, 0.4) is 0 Å². The fourth-order valence-corrected chi connectivity index (χ4v) is 1.96. The molecule has 0 amide bonds. The van der Waals surface area contributed by atoms with E-state index in [1.54, 1.807) is 19.1 Å². The van der Waals surface area contributed by atoms with Gasteiger partial charge in [0.05, 0.1) is 4.92 Å². The molecule has 0 saturated carbocycles. The molecule has 0 spiro atoms. The summed E-state index contributed by atoms with van der Waals surface area (Å²) < 4.78 is 0. The van der Waals surface area contributed by atoms with Crippen molar-refractivity contribution < 1.29 is 4.92 Å². The van der Waals surface area contributed by atoms with Gasteiger partial charge < -0.3 is 10.2 Å². The van der Waals surface area contributed by atoms with Crippen molar-refractivity contribution in [3.8, 4) is 0 Å². The summed E-state index contributed by atoms with van der Waals surface area (Å²) in [6, 6.07) is 5.24. The highest BCUT2D eigenvalue weighted by molar-refractivity contribution is 5.44. The molecule has 0 bridgehead atoms. The van der Waals surface area contributed by atoms with Gasteiger partial charge >= 0.3 is 0 Å². The lowest BCUT2D eigenvalue weighted by molar-refractivity contribution is -0.385. The van der Waals surface area contributed by atoms with Gasteiger partial charge in [-0.15, -0.1) is 0 Å². The molecule has 0 atom stereocenters. The van der Waals surface area contributed by atoms with Crippen LogP contribution in [0, 0.1) is 17.0 Å². The molecule has 1 aromatic carbocycles. The fourth-order valence-electron chi connectivity index (χ4n) is 1.96. The van der Waals surface area contributed by atoms with E-state index in [-0.39, 0.29) is 10.6 Å². The van der Waals surface area contributed by atoms with Crippen molar-refractivity contribution >= 4 is 5.69 Å². The average Bonchev–Trinajstić information content (AvgIpc) is 2.34. The average molecular weight is 265 g/mol. The van der Waals surface area contributed by atoms with E-state index >= 15 is 0 Å². The predicted octanol–water partition coefficient (Wildman–Crippen LogP) is 2.33. The molecule has 0 unspecified atom stereocenters. The molecule has 0 aliphatic carbocycles. The summed E-state index contributed by atoms with van der Waals surface area (Å²) >= 11 is 0. The van der Waals surface area contributed by atoms with Crippen molar-refractivity contribution in [1.82, 2.24) is 10.2 Å². The first kappa shape index (κ1) is 15.6. The molecule has 19 heavy (non-hydrogen) atoms. The van der Waals surface area contributed by atoms with Gasteiger partial charge in [-0.3, -0.25) is 10.1 Å². The van der Waals surface area contributed by atoms with Crippen molar-refractivity contribution in [3.63, 3.8) is 0 Å². The van der Waals surface area contributed by atoms with Gasteiger partial charge in [0.1, 0.15) is 0 Å². The van der Waals surface area contributed by atoms with E-state index < -0.39 is 0 Å². The highest BCUT2D eigenvalue weighted by Crippen LogP contribution is 2.20. The lowest BCUT2D eigenvalue weighted by Gasteiger charge is -2.10. The smallest absolute Gasteiger partial charge is 0.272 e. The molecule has 1 aromatic rings. The molecule has 5 heteroatoms. The SMILES string of the molecule is Cc1c(CNCCCCN(C)C)cccc1[N+](=O)[O-]. The molecule has 0 aromatic heterocycles. The normalized spacial score (nSPS) is 10.9. The predicted molar refractivity (Wildman–Crippen MR) is 77.3 cm³/mol. The third kappa shape index (κ3) is 5.36. The molecule has 1 rings (SSSR count).